The summed E-state index contributed by atoms with van der Waals surface area (Å²) in [4.78, 5) is 16.6. The summed E-state index contributed by atoms with van der Waals surface area (Å²) in [6, 6.07) is 9.46. The van der Waals surface area contributed by atoms with Crippen LogP contribution in [0.1, 0.15) is 27.4 Å². The van der Waals surface area contributed by atoms with Gasteiger partial charge in [-0.15, -0.1) is 0 Å². The van der Waals surface area contributed by atoms with Crippen molar-refractivity contribution >= 4 is 23.4 Å². The van der Waals surface area contributed by atoms with E-state index in [-0.39, 0.29) is 5.91 Å². The van der Waals surface area contributed by atoms with Gasteiger partial charge in [0, 0.05) is 25.1 Å². The highest BCUT2D eigenvalue weighted by Gasteiger charge is 2.12. The molecular weight excluding hydrogens is 322 g/mol. The molecule has 124 valence electrons. The van der Waals surface area contributed by atoms with Gasteiger partial charge in [0.25, 0.3) is 5.91 Å². The molecule has 24 heavy (non-hydrogen) atoms. The molecule has 0 saturated heterocycles. The van der Waals surface area contributed by atoms with E-state index in [0.29, 0.717) is 11.5 Å². The molecule has 6 heteroatoms. The van der Waals surface area contributed by atoms with E-state index >= 15 is 0 Å². The number of aromatic nitrogens is 2. The fourth-order valence-corrected chi connectivity index (χ4v) is 3.27. The molecule has 1 amide bonds. The highest BCUT2D eigenvalue weighted by Crippen LogP contribution is 2.22. The molecule has 2 heterocycles. The maximum absolute atomic E-state index is 12.3. The molecule has 0 spiro atoms. The van der Waals surface area contributed by atoms with Gasteiger partial charge < -0.3 is 14.3 Å². The topological polar surface area (TPSA) is 60.1 Å². The normalized spacial score (nSPS) is 10.8. The first-order chi connectivity index (χ1) is 11.5. The van der Waals surface area contributed by atoms with Crippen molar-refractivity contribution in [3.63, 3.8) is 0 Å². The van der Waals surface area contributed by atoms with E-state index in [1.807, 2.05) is 49.9 Å². The van der Waals surface area contributed by atoms with Crippen LogP contribution in [0.4, 0.5) is 5.69 Å². The van der Waals surface area contributed by atoms with Crippen LogP contribution in [0.3, 0.4) is 0 Å². The van der Waals surface area contributed by atoms with Crippen LogP contribution >= 0.6 is 11.8 Å². The molecule has 0 fully saturated rings. The van der Waals surface area contributed by atoms with Gasteiger partial charge in [0.15, 0.2) is 10.9 Å². The highest BCUT2D eigenvalue weighted by atomic mass is 32.2. The summed E-state index contributed by atoms with van der Waals surface area (Å²) in [5.41, 5.74) is 2.99. The highest BCUT2D eigenvalue weighted by molar-refractivity contribution is 7.98. The van der Waals surface area contributed by atoms with Gasteiger partial charge in [-0.25, -0.2) is 4.98 Å². The average molecular weight is 341 g/mol. The molecule has 0 aliphatic heterocycles. The second kappa shape index (κ2) is 6.97. The van der Waals surface area contributed by atoms with E-state index < -0.39 is 0 Å². The third-order valence-corrected chi connectivity index (χ3v) is 4.57. The van der Waals surface area contributed by atoms with Gasteiger partial charge in [-0.05, 0) is 49.2 Å². The molecule has 3 rings (SSSR count). The first kappa shape index (κ1) is 16.4. The lowest BCUT2D eigenvalue weighted by molar-refractivity contribution is 0.0995. The number of nitrogens with one attached hydrogen (secondary N) is 1. The van der Waals surface area contributed by atoms with Gasteiger partial charge in [-0.1, -0.05) is 17.8 Å². The Kier molecular flexibility index (Phi) is 4.76. The number of hydrogen-bond donors (Lipinski definition) is 1. The number of benzene rings is 1. The van der Waals surface area contributed by atoms with Crippen molar-refractivity contribution in [2.24, 2.45) is 7.05 Å². The Morgan fingerprint density at radius 2 is 2.00 bits per heavy atom. The maximum atomic E-state index is 12.3. The zero-order valence-corrected chi connectivity index (χ0v) is 14.7. The lowest BCUT2D eigenvalue weighted by Gasteiger charge is -2.06. The smallest absolute Gasteiger partial charge is 0.291 e. The van der Waals surface area contributed by atoms with Crippen molar-refractivity contribution in [3.05, 3.63) is 65.4 Å². The van der Waals surface area contributed by atoms with Crippen LogP contribution in [-0.4, -0.2) is 15.5 Å². The summed E-state index contributed by atoms with van der Waals surface area (Å²) in [6.45, 7) is 4.00. The van der Waals surface area contributed by atoms with Crippen molar-refractivity contribution in [1.29, 1.82) is 0 Å². The van der Waals surface area contributed by atoms with Crippen molar-refractivity contribution in [3.8, 4) is 0 Å². The van der Waals surface area contributed by atoms with Crippen LogP contribution in [0.15, 0.2) is 52.3 Å². The van der Waals surface area contributed by atoms with E-state index in [9.17, 15) is 4.79 Å². The number of imidazole rings is 1. The Morgan fingerprint density at radius 3 is 2.67 bits per heavy atom. The SMILES string of the molecule is Cc1cc(C)cc(NC(=O)c2ccc(CSc3nccn3C)o2)c1. The molecule has 0 aliphatic carbocycles. The minimum Gasteiger partial charge on any atom is -0.455 e. The molecule has 1 N–H and O–H groups in total. The summed E-state index contributed by atoms with van der Waals surface area (Å²) in [5, 5.41) is 3.79. The molecule has 1 aromatic carbocycles. The number of carbonyl (C=O) groups excluding carboxylic acids is 1. The van der Waals surface area contributed by atoms with E-state index in [4.69, 9.17) is 4.42 Å². The van der Waals surface area contributed by atoms with E-state index in [2.05, 4.69) is 16.4 Å². The number of anilines is 1. The van der Waals surface area contributed by atoms with Crippen molar-refractivity contribution < 1.29 is 9.21 Å². The van der Waals surface area contributed by atoms with Gasteiger partial charge in [-0.2, -0.15) is 0 Å². The number of hydrogen-bond acceptors (Lipinski definition) is 4. The molecule has 3 aromatic rings. The minimum atomic E-state index is -0.242. The summed E-state index contributed by atoms with van der Waals surface area (Å²) in [6.07, 6.45) is 3.65. The summed E-state index contributed by atoms with van der Waals surface area (Å²) >= 11 is 1.57. The van der Waals surface area contributed by atoms with Crippen LogP contribution < -0.4 is 5.32 Å². The van der Waals surface area contributed by atoms with Crippen molar-refractivity contribution in [2.75, 3.05) is 5.32 Å². The molecule has 0 radical (unpaired) electrons. The van der Waals surface area contributed by atoms with Gasteiger partial charge in [-0.3, -0.25) is 4.79 Å². The Labute approximate surface area is 145 Å². The second-order valence-electron chi connectivity index (χ2n) is 5.71. The monoisotopic (exact) mass is 341 g/mol. The van der Waals surface area contributed by atoms with Gasteiger partial charge in [0.05, 0.1) is 5.75 Å². The minimum absolute atomic E-state index is 0.242. The van der Waals surface area contributed by atoms with E-state index in [0.717, 1.165) is 27.7 Å². The Bertz CT molecular complexity index is 847. The van der Waals surface area contributed by atoms with Crippen molar-refractivity contribution in [2.45, 2.75) is 24.8 Å². The van der Waals surface area contributed by atoms with E-state index in [1.54, 1.807) is 24.0 Å². The lowest BCUT2D eigenvalue weighted by Crippen LogP contribution is -2.11. The molecule has 0 atom stereocenters. The van der Waals surface area contributed by atoms with Crippen LogP contribution in [-0.2, 0) is 12.8 Å². The van der Waals surface area contributed by atoms with Gasteiger partial charge in [0.2, 0.25) is 0 Å². The summed E-state index contributed by atoms with van der Waals surface area (Å²) < 4.78 is 7.59. The van der Waals surface area contributed by atoms with Gasteiger partial charge >= 0.3 is 0 Å². The zero-order chi connectivity index (χ0) is 17.1. The molecular formula is C18H19N3O2S. The lowest BCUT2D eigenvalue weighted by atomic mass is 10.1. The number of furan rings is 1. The molecule has 0 bridgehead atoms. The third kappa shape index (κ3) is 3.89. The van der Waals surface area contributed by atoms with Gasteiger partial charge in [0.1, 0.15) is 5.76 Å². The van der Waals surface area contributed by atoms with Crippen LogP contribution in [0.2, 0.25) is 0 Å². The number of thioether (sulfide) groups is 1. The molecule has 2 aromatic heterocycles. The first-order valence-corrected chi connectivity index (χ1v) is 8.58. The number of carbonyl (C=O) groups is 1. The Hall–Kier alpha value is -2.47. The van der Waals surface area contributed by atoms with Crippen LogP contribution in [0.25, 0.3) is 0 Å². The Balaban J connectivity index is 1.64. The van der Waals surface area contributed by atoms with Crippen molar-refractivity contribution in [1.82, 2.24) is 9.55 Å². The zero-order valence-electron chi connectivity index (χ0n) is 13.9. The second-order valence-corrected chi connectivity index (χ2v) is 6.65. The number of nitrogens with zero attached hydrogens (tertiary/aromatic N) is 2. The predicted molar refractivity (Wildman–Crippen MR) is 95.3 cm³/mol. The number of amides is 1. The largest absolute Gasteiger partial charge is 0.455 e. The molecule has 0 saturated carbocycles. The molecule has 0 aliphatic rings. The summed E-state index contributed by atoms with van der Waals surface area (Å²) in [5.74, 6) is 1.44. The fraction of sp³-hybridized carbons (Fsp3) is 0.222. The molecule has 0 unspecified atom stereocenters. The maximum Gasteiger partial charge on any atom is 0.291 e. The van der Waals surface area contributed by atoms with E-state index in [1.165, 1.54) is 0 Å². The molecule has 5 nitrogen and oxygen atoms in total. The standard InChI is InChI=1S/C18H19N3O2S/c1-12-8-13(2)10-14(9-12)20-17(22)16-5-4-15(23-16)11-24-18-19-6-7-21(18)3/h4-10H,11H2,1-3H3,(H,20,22). The number of rotatable bonds is 5. The quantitative estimate of drug-likeness (QED) is 0.708. The van der Waals surface area contributed by atoms with Crippen LogP contribution in [0, 0.1) is 13.8 Å². The third-order valence-electron chi connectivity index (χ3n) is 3.49. The summed E-state index contributed by atoms with van der Waals surface area (Å²) in [7, 11) is 1.94. The fourth-order valence-electron chi connectivity index (χ4n) is 2.44. The predicted octanol–water partition coefficient (Wildman–Crippen LogP) is 4.17. The Morgan fingerprint density at radius 1 is 1.25 bits per heavy atom. The number of aryl methyl sites for hydroxylation is 3. The first-order valence-electron chi connectivity index (χ1n) is 7.60. The average Bonchev–Trinajstić information content (AvgIpc) is 3.13. The van der Waals surface area contributed by atoms with Crippen LogP contribution in [0.5, 0.6) is 0 Å².